The second-order valence-electron chi connectivity index (χ2n) is 8.60. The third-order valence-corrected chi connectivity index (χ3v) is 6.94. The Hall–Kier alpha value is -4.43. The fraction of sp³-hybridized carbons (Fsp3) is 0.333. The summed E-state index contributed by atoms with van der Waals surface area (Å²) in [6.07, 6.45) is -3.87. The third-order valence-electron chi connectivity index (χ3n) is 6.02. The number of hydrogen-bond donors (Lipinski definition) is 5. The number of carbonyl (C=O) groups excluding carboxylic acids is 2. The van der Waals surface area contributed by atoms with E-state index in [4.69, 9.17) is 14.7 Å². The standard InChI is InChI=1S/C21H22N10O8S/c22-18-15-20(24-8-23-18)31(9-25-15)21-17(35)16(34)13(39-21)7-38-40(36,37)28-14(33)6-5-12(32)10-3-1-2-4-11(10)19-26-29-30-27-19/h1-4,8-9,13,16-17,21,34-35H,5-7H2,(H,28,33)(H2,22,23,24)(H,26,27,29,30)/t13-,16-,17-,21?/m1/s1. The van der Waals surface area contributed by atoms with Crippen LogP contribution in [-0.4, -0.2) is 95.4 Å². The first-order chi connectivity index (χ1) is 19.1. The summed E-state index contributed by atoms with van der Waals surface area (Å²) in [5, 5.41) is 34.3. The molecule has 1 aliphatic heterocycles. The van der Waals surface area contributed by atoms with Crippen LogP contribution in [0.2, 0.25) is 0 Å². The molecule has 1 aliphatic rings. The predicted molar refractivity (Wildman–Crippen MR) is 132 cm³/mol. The number of ketones is 1. The molecule has 4 atom stereocenters. The molecule has 0 saturated carbocycles. The average molecular weight is 575 g/mol. The Morgan fingerprint density at radius 2 is 1.95 bits per heavy atom. The van der Waals surface area contributed by atoms with Crippen molar-refractivity contribution in [1.82, 2.24) is 44.9 Å². The molecule has 6 N–H and O–H groups in total. The maximum Gasteiger partial charge on any atom is 0.362 e. The molecule has 0 spiro atoms. The Balaban J connectivity index is 1.15. The zero-order valence-corrected chi connectivity index (χ0v) is 21.2. The van der Waals surface area contributed by atoms with E-state index in [1.165, 1.54) is 23.3 Å². The maximum atomic E-state index is 12.7. The minimum absolute atomic E-state index is 0.0939. The highest BCUT2D eigenvalue weighted by atomic mass is 32.2. The van der Waals surface area contributed by atoms with Gasteiger partial charge in [0.1, 0.15) is 30.2 Å². The molecule has 3 aromatic heterocycles. The highest BCUT2D eigenvalue weighted by Crippen LogP contribution is 2.32. The first kappa shape index (κ1) is 27.1. The van der Waals surface area contributed by atoms with Gasteiger partial charge in [0.15, 0.2) is 23.5 Å². The molecule has 0 radical (unpaired) electrons. The van der Waals surface area contributed by atoms with Crippen LogP contribution < -0.4 is 10.5 Å². The number of anilines is 1. The van der Waals surface area contributed by atoms with Gasteiger partial charge in [0.05, 0.1) is 12.9 Å². The van der Waals surface area contributed by atoms with Gasteiger partial charge < -0.3 is 20.7 Å². The number of imidazole rings is 1. The zero-order valence-electron chi connectivity index (χ0n) is 20.4. The fourth-order valence-corrected chi connectivity index (χ4v) is 4.84. The van der Waals surface area contributed by atoms with Gasteiger partial charge in [0, 0.05) is 24.0 Å². The Bertz CT molecular complexity index is 1640. The van der Waals surface area contributed by atoms with Gasteiger partial charge in [0.25, 0.3) is 0 Å². The van der Waals surface area contributed by atoms with Crippen LogP contribution in [0.3, 0.4) is 0 Å². The number of nitrogens with one attached hydrogen (secondary N) is 2. The number of H-pyrrole nitrogens is 1. The van der Waals surface area contributed by atoms with Crippen molar-refractivity contribution in [3.8, 4) is 11.4 Å². The highest BCUT2D eigenvalue weighted by molar-refractivity contribution is 7.85. The number of ether oxygens (including phenoxy) is 1. The summed E-state index contributed by atoms with van der Waals surface area (Å²) in [7, 11) is -4.65. The van der Waals surface area contributed by atoms with E-state index in [-0.39, 0.29) is 34.8 Å². The smallest absolute Gasteiger partial charge is 0.362 e. The third kappa shape index (κ3) is 5.49. The van der Waals surface area contributed by atoms with E-state index in [9.17, 15) is 28.2 Å². The van der Waals surface area contributed by atoms with Gasteiger partial charge in [-0.1, -0.05) is 24.3 Å². The first-order valence-electron chi connectivity index (χ1n) is 11.7. The second-order valence-corrected chi connectivity index (χ2v) is 9.95. The van der Waals surface area contributed by atoms with Gasteiger partial charge in [-0.15, -0.1) is 10.2 Å². The molecule has 1 unspecified atom stereocenters. The van der Waals surface area contributed by atoms with E-state index >= 15 is 0 Å². The van der Waals surface area contributed by atoms with Crippen molar-refractivity contribution in [1.29, 1.82) is 0 Å². The van der Waals surface area contributed by atoms with Gasteiger partial charge in [0.2, 0.25) is 11.7 Å². The van der Waals surface area contributed by atoms with Crippen LogP contribution in [0, 0.1) is 0 Å². The van der Waals surface area contributed by atoms with Gasteiger partial charge >= 0.3 is 10.3 Å². The number of aromatic nitrogens is 8. The molecule has 4 heterocycles. The van der Waals surface area contributed by atoms with E-state index in [2.05, 4.69) is 35.6 Å². The summed E-state index contributed by atoms with van der Waals surface area (Å²) in [5.41, 5.74) is 6.85. The van der Waals surface area contributed by atoms with Crippen LogP contribution in [-0.2, 0) is 24.0 Å². The molecule has 18 nitrogen and oxygen atoms in total. The molecule has 40 heavy (non-hydrogen) atoms. The number of aromatic amines is 1. The number of amides is 1. The van der Waals surface area contributed by atoms with Gasteiger partial charge in [-0.05, 0) is 5.21 Å². The Morgan fingerprint density at radius 1 is 1.15 bits per heavy atom. The number of aliphatic hydroxyl groups is 2. The van der Waals surface area contributed by atoms with Crippen LogP contribution in [0.1, 0.15) is 29.4 Å². The highest BCUT2D eigenvalue weighted by Gasteiger charge is 2.45. The molecule has 0 bridgehead atoms. The molecule has 1 saturated heterocycles. The van der Waals surface area contributed by atoms with Crippen LogP contribution in [0.25, 0.3) is 22.6 Å². The van der Waals surface area contributed by atoms with Crippen molar-refractivity contribution in [2.24, 2.45) is 0 Å². The summed E-state index contributed by atoms with van der Waals surface area (Å²) in [6.45, 7) is -0.738. The lowest BCUT2D eigenvalue weighted by Crippen LogP contribution is -2.37. The number of carbonyl (C=O) groups is 2. The van der Waals surface area contributed by atoms with Crippen molar-refractivity contribution >= 4 is 39.0 Å². The molecule has 19 heteroatoms. The van der Waals surface area contributed by atoms with Crippen molar-refractivity contribution in [2.45, 2.75) is 37.4 Å². The Kier molecular flexibility index (Phi) is 7.45. The zero-order chi connectivity index (χ0) is 28.4. The number of nitrogens with zero attached hydrogens (tertiary/aromatic N) is 7. The van der Waals surface area contributed by atoms with Gasteiger partial charge in [-0.25, -0.2) is 19.7 Å². The van der Waals surface area contributed by atoms with Gasteiger partial charge in [-0.2, -0.15) is 13.6 Å². The lowest BCUT2D eigenvalue weighted by molar-refractivity contribution is -0.119. The fourth-order valence-electron chi connectivity index (χ4n) is 4.09. The first-order valence-corrected chi connectivity index (χ1v) is 13.1. The van der Waals surface area contributed by atoms with Crippen LogP contribution in [0.15, 0.2) is 36.9 Å². The number of hydrogen-bond acceptors (Lipinski definition) is 15. The molecule has 0 aliphatic carbocycles. The van der Waals surface area contributed by atoms with E-state index in [1.54, 1.807) is 22.9 Å². The number of benzene rings is 1. The summed E-state index contributed by atoms with van der Waals surface area (Å²) >= 11 is 0. The van der Waals surface area contributed by atoms with E-state index in [0.29, 0.717) is 5.56 Å². The SMILES string of the molecule is Nc1ncnc2c1ncn2C1O[C@H](COS(=O)(=O)NC(=O)CCC(=O)c2ccccc2-c2nn[nH]n2)[C@@H](O)[C@H]1O. The summed E-state index contributed by atoms with van der Waals surface area (Å²) in [6, 6.07) is 6.42. The monoisotopic (exact) mass is 574 g/mol. The molecule has 5 rings (SSSR count). The van der Waals surface area contributed by atoms with Gasteiger partial charge in [-0.3, -0.25) is 18.3 Å². The summed E-state index contributed by atoms with van der Waals surface area (Å²) < 4.78 is 38.1. The lowest BCUT2D eigenvalue weighted by atomic mass is 10.00. The summed E-state index contributed by atoms with van der Waals surface area (Å²) in [4.78, 5) is 36.9. The molecule has 1 aromatic carbocycles. The number of aliphatic hydroxyl groups excluding tert-OH is 2. The predicted octanol–water partition coefficient (Wildman–Crippen LogP) is -1.75. The average Bonchev–Trinajstić information content (AvgIpc) is 3.67. The topological polar surface area (TPSA) is 263 Å². The van der Waals surface area contributed by atoms with Crippen LogP contribution in [0.5, 0.6) is 0 Å². The van der Waals surface area contributed by atoms with Crippen molar-refractivity contribution in [2.75, 3.05) is 12.3 Å². The van der Waals surface area contributed by atoms with Crippen LogP contribution >= 0.6 is 0 Å². The second kappa shape index (κ2) is 11.0. The van der Waals surface area contributed by atoms with E-state index in [0.717, 1.165) is 0 Å². The number of nitrogens with two attached hydrogens (primary N) is 1. The molecular formula is C21H22N10O8S. The molecular weight excluding hydrogens is 552 g/mol. The lowest BCUT2D eigenvalue weighted by Gasteiger charge is -2.16. The van der Waals surface area contributed by atoms with E-state index < -0.39 is 59.6 Å². The van der Waals surface area contributed by atoms with Crippen molar-refractivity contribution < 1.29 is 37.1 Å². The number of fused-ring (bicyclic) bond motifs is 1. The number of tetrazole rings is 1. The quantitative estimate of drug-likeness (QED) is 0.131. The normalized spacial score (nSPS) is 21.1. The largest absolute Gasteiger partial charge is 0.387 e. The molecule has 1 amide bonds. The number of rotatable bonds is 10. The van der Waals surface area contributed by atoms with Crippen molar-refractivity contribution in [3.05, 3.63) is 42.5 Å². The van der Waals surface area contributed by atoms with E-state index in [1.807, 2.05) is 0 Å². The molecule has 4 aromatic rings. The minimum atomic E-state index is -4.65. The molecule has 1 fully saturated rings. The summed E-state index contributed by atoms with van der Waals surface area (Å²) in [5.74, 6) is -1.17. The van der Waals surface area contributed by atoms with Crippen LogP contribution in [0.4, 0.5) is 5.82 Å². The minimum Gasteiger partial charge on any atom is -0.387 e. The number of nitrogen functional groups attached to an aromatic ring is 1. The Labute approximate surface area is 224 Å². The molecule has 210 valence electrons. The Morgan fingerprint density at radius 3 is 2.73 bits per heavy atom. The number of Topliss-reactive ketones (excluding diaryl/α,β-unsaturated/α-hetero) is 1. The maximum absolute atomic E-state index is 12.7. The van der Waals surface area contributed by atoms with Crippen molar-refractivity contribution in [3.63, 3.8) is 0 Å².